The fraction of sp³-hybridized carbons (Fsp3) is 0.588. The first kappa shape index (κ1) is 15.9. The van der Waals surface area contributed by atoms with E-state index in [9.17, 15) is 4.79 Å². The van der Waals surface area contributed by atoms with Gasteiger partial charge in [0.25, 0.3) is 0 Å². The van der Waals surface area contributed by atoms with Crippen LogP contribution in [-0.4, -0.2) is 19.0 Å². The first-order valence-corrected chi connectivity index (χ1v) is 7.40. The van der Waals surface area contributed by atoms with Gasteiger partial charge in [-0.3, -0.25) is 0 Å². The van der Waals surface area contributed by atoms with Gasteiger partial charge in [-0.15, -0.1) is 0 Å². The molecule has 1 rings (SSSR count). The van der Waals surface area contributed by atoms with E-state index in [1.807, 2.05) is 0 Å². The van der Waals surface area contributed by atoms with Crippen molar-refractivity contribution in [3.63, 3.8) is 0 Å². The molecule has 0 atom stereocenters. The molecule has 0 bridgehead atoms. The smallest absolute Gasteiger partial charge is 0.129 e. The maximum Gasteiger partial charge on any atom is 0.129 e. The van der Waals surface area contributed by atoms with E-state index < -0.39 is 0 Å². The number of benzene rings is 1. The van der Waals surface area contributed by atoms with Crippen LogP contribution in [0.15, 0.2) is 30.3 Å². The van der Waals surface area contributed by atoms with Crippen molar-refractivity contribution >= 4 is 5.78 Å². The molecule has 0 aliphatic rings. The first-order valence-electron chi connectivity index (χ1n) is 7.40. The Morgan fingerprint density at radius 3 is 2.32 bits per heavy atom. The Hall–Kier alpha value is -1.15. The molecular formula is C17H26O2. The van der Waals surface area contributed by atoms with Gasteiger partial charge in [0.1, 0.15) is 5.78 Å². The molecule has 1 aromatic carbocycles. The maximum absolute atomic E-state index is 10.7. The molecule has 0 amide bonds. The molecule has 0 aliphatic heterocycles. The number of hydrogen-bond donors (Lipinski definition) is 0. The summed E-state index contributed by atoms with van der Waals surface area (Å²) in [7, 11) is 0. The lowest BCUT2D eigenvalue weighted by Gasteiger charge is -2.04. The van der Waals surface area contributed by atoms with Gasteiger partial charge < -0.3 is 9.53 Å². The summed E-state index contributed by atoms with van der Waals surface area (Å²) in [6.45, 7) is 3.35. The van der Waals surface area contributed by atoms with Gasteiger partial charge >= 0.3 is 0 Å². The van der Waals surface area contributed by atoms with Crippen molar-refractivity contribution in [3.8, 4) is 0 Å². The van der Waals surface area contributed by atoms with Crippen molar-refractivity contribution in [1.82, 2.24) is 0 Å². The van der Waals surface area contributed by atoms with Crippen molar-refractivity contribution in [3.05, 3.63) is 35.9 Å². The van der Waals surface area contributed by atoms with E-state index >= 15 is 0 Å². The Morgan fingerprint density at radius 2 is 1.63 bits per heavy atom. The number of hydrogen-bond acceptors (Lipinski definition) is 2. The molecule has 0 aromatic heterocycles. The monoisotopic (exact) mass is 262 g/mol. The lowest BCUT2D eigenvalue weighted by atomic mass is 10.1. The fourth-order valence-electron chi connectivity index (χ4n) is 2.03. The summed E-state index contributed by atoms with van der Waals surface area (Å²) in [5.41, 5.74) is 1.41. The minimum Gasteiger partial charge on any atom is -0.381 e. The van der Waals surface area contributed by atoms with Crippen molar-refractivity contribution in [2.45, 2.75) is 51.9 Å². The Kier molecular flexibility index (Phi) is 8.99. The zero-order chi connectivity index (χ0) is 13.8. The topological polar surface area (TPSA) is 26.3 Å². The molecule has 0 spiro atoms. The van der Waals surface area contributed by atoms with Gasteiger partial charge in [0.05, 0.1) is 0 Å². The molecule has 19 heavy (non-hydrogen) atoms. The Balaban J connectivity index is 1.83. The normalized spacial score (nSPS) is 10.6. The van der Waals surface area contributed by atoms with Gasteiger partial charge in [0.2, 0.25) is 0 Å². The van der Waals surface area contributed by atoms with E-state index in [1.165, 1.54) is 12.0 Å². The molecule has 0 saturated carbocycles. The van der Waals surface area contributed by atoms with E-state index in [0.29, 0.717) is 5.78 Å². The molecule has 2 nitrogen and oxygen atoms in total. The predicted octanol–water partition coefficient (Wildman–Crippen LogP) is 4.18. The van der Waals surface area contributed by atoms with Crippen LogP contribution in [0.1, 0.15) is 51.0 Å². The number of Topliss-reactive ketones (excluding diaryl/α,β-unsaturated/α-hetero) is 1. The Bertz CT molecular complexity index is 332. The maximum atomic E-state index is 10.7. The molecule has 0 N–H and O–H groups in total. The molecule has 1 aromatic rings. The Morgan fingerprint density at radius 1 is 0.947 bits per heavy atom. The number of ketones is 1. The van der Waals surface area contributed by atoms with Crippen LogP contribution in [-0.2, 0) is 16.0 Å². The Labute approximate surface area is 117 Å². The van der Waals surface area contributed by atoms with Crippen molar-refractivity contribution in [1.29, 1.82) is 0 Å². The van der Waals surface area contributed by atoms with Crippen LogP contribution in [0.4, 0.5) is 0 Å². The highest BCUT2D eigenvalue weighted by Crippen LogP contribution is 2.05. The summed E-state index contributed by atoms with van der Waals surface area (Å²) in [6, 6.07) is 10.6. The largest absolute Gasteiger partial charge is 0.381 e. The SMILES string of the molecule is CC(=O)CCCCCOCCCCc1ccccc1. The predicted molar refractivity (Wildman–Crippen MR) is 79.3 cm³/mol. The molecule has 0 fully saturated rings. The van der Waals surface area contributed by atoms with Gasteiger partial charge in [-0.2, -0.15) is 0 Å². The summed E-state index contributed by atoms with van der Waals surface area (Å²) < 4.78 is 5.59. The second-order valence-electron chi connectivity index (χ2n) is 5.07. The van der Waals surface area contributed by atoms with Gasteiger partial charge in [-0.05, 0) is 44.6 Å². The molecule has 0 heterocycles. The van der Waals surface area contributed by atoms with Crippen LogP contribution < -0.4 is 0 Å². The van der Waals surface area contributed by atoms with Crippen LogP contribution in [0.3, 0.4) is 0 Å². The highest BCUT2D eigenvalue weighted by atomic mass is 16.5. The first-order chi connectivity index (χ1) is 9.29. The molecule has 0 saturated heterocycles. The van der Waals surface area contributed by atoms with Crippen LogP contribution in [0.5, 0.6) is 0 Å². The highest BCUT2D eigenvalue weighted by Gasteiger charge is 1.95. The van der Waals surface area contributed by atoms with Crippen LogP contribution in [0.25, 0.3) is 0 Å². The number of rotatable bonds is 11. The summed E-state index contributed by atoms with van der Waals surface area (Å²) >= 11 is 0. The van der Waals surface area contributed by atoms with E-state index in [2.05, 4.69) is 30.3 Å². The molecule has 0 radical (unpaired) electrons. The van der Waals surface area contributed by atoms with Crippen LogP contribution >= 0.6 is 0 Å². The number of aryl methyl sites for hydroxylation is 1. The van der Waals surface area contributed by atoms with Gasteiger partial charge in [-0.25, -0.2) is 0 Å². The van der Waals surface area contributed by atoms with Gasteiger partial charge in [-0.1, -0.05) is 36.8 Å². The van der Waals surface area contributed by atoms with Crippen molar-refractivity contribution < 1.29 is 9.53 Å². The van der Waals surface area contributed by atoms with E-state index in [0.717, 1.165) is 51.7 Å². The molecule has 106 valence electrons. The van der Waals surface area contributed by atoms with Gasteiger partial charge in [0, 0.05) is 19.6 Å². The minimum absolute atomic E-state index is 0.293. The third-order valence-corrected chi connectivity index (χ3v) is 3.16. The quantitative estimate of drug-likeness (QED) is 0.559. The third kappa shape index (κ3) is 9.43. The molecule has 0 aliphatic carbocycles. The lowest BCUT2D eigenvalue weighted by Crippen LogP contribution is -1.98. The fourth-order valence-corrected chi connectivity index (χ4v) is 2.03. The minimum atomic E-state index is 0.293. The standard InChI is InChI=1S/C17H26O2/c1-16(18)10-4-3-8-14-19-15-9-7-13-17-11-5-2-6-12-17/h2,5-6,11-12H,3-4,7-10,13-15H2,1H3. The molecular weight excluding hydrogens is 236 g/mol. The number of unbranched alkanes of at least 4 members (excludes halogenated alkanes) is 3. The van der Waals surface area contributed by atoms with E-state index in [-0.39, 0.29) is 0 Å². The number of carbonyl (C=O) groups is 1. The van der Waals surface area contributed by atoms with Crippen molar-refractivity contribution in [2.24, 2.45) is 0 Å². The van der Waals surface area contributed by atoms with Crippen molar-refractivity contribution in [2.75, 3.05) is 13.2 Å². The lowest BCUT2D eigenvalue weighted by molar-refractivity contribution is -0.117. The molecule has 0 unspecified atom stereocenters. The molecule has 2 heteroatoms. The second kappa shape index (κ2) is 10.7. The second-order valence-corrected chi connectivity index (χ2v) is 5.07. The van der Waals surface area contributed by atoms with E-state index in [4.69, 9.17) is 4.74 Å². The summed E-state index contributed by atoms with van der Waals surface area (Å²) in [5.74, 6) is 0.293. The highest BCUT2D eigenvalue weighted by molar-refractivity contribution is 5.75. The zero-order valence-corrected chi connectivity index (χ0v) is 12.1. The average molecular weight is 262 g/mol. The van der Waals surface area contributed by atoms with Crippen LogP contribution in [0.2, 0.25) is 0 Å². The van der Waals surface area contributed by atoms with Gasteiger partial charge in [0.15, 0.2) is 0 Å². The summed E-state index contributed by atoms with van der Waals surface area (Å²) in [4.78, 5) is 10.7. The van der Waals surface area contributed by atoms with E-state index in [1.54, 1.807) is 6.92 Å². The zero-order valence-electron chi connectivity index (χ0n) is 12.1. The van der Waals surface area contributed by atoms with Crippen LogP contribution in [0, 0.1) is 0 Å². The third-order valence-electron chi connectivity index (χ3n) is 3.16. The average Bonchev–Trinajstić information content (AvgIpc) is 2.42. The summed E-state index contributed by atoms with van der Waals surface area (Å²) in [5, 5.41) is 0. The summed E-state index contributed by atoms with van der Waals surface area (Å²) in [6.07, 6.45) is 7.36. The number of carbonyl (C=O) groups excluding carboxylic acids is 1. The number of ether oxygens (including phenoxy) is 1.